The highest BCUT2D eigenvalue weighted by Gasteiger charge is 2.23. The minimum atomic E-state index is 0.130. The van der Waals surface area contributed by atoms with E-state index in [0.29, 0.717) is 18.4 Å². The number of hydrogen-bond acceptors (Lipinski definition) is 3. The van der Waals surface area contributed by atoms with Crippen molar-refractivity contribution in [2.24, 2.45) is 0 Å². The molecule has 0 N–H and O–H groups in total. The van der Waals surface area contributed by atoms with E-state index < -0.39 is 0 Å². The third-order valence-electron chi connectivity index (χ3n) is 5.78. The second-order valence-electron chi connectivity index (χ2n) is 8.21. The van der Waals surface area contributed by atoms with Gasteiger partial charge in [-0.3, -0.25) is 0 Å². The van der Waals surface area contributed by atoms with Gasteiger partial charge in [0.25, 0.3) is 0 Å². The van der Waals surface area contributed by atoms with Crippen molar-refractivity contribution in [1.82, 2.24) is 0 Å². The molecule has 0 aromatic heterocycles. The summed E-state index contributed by atoms with van der Waals surface area (Å²) in [6.45, 7) is 8.18. The van der Waals surface area contributed by atoms with Crippen LogP contribution in [-0.2, 0) is 6.42 Å². The summed E-state index contributed by atoms with van der Waals surface area (Å²) in [7, 11) is 0. The van der Waals surface area contributed by atoms with Crippen LogP contribution in [0.15, 0.2) is 36.4 Å². The minimum absolute atomic E-state index is 0.130. The molecule has 0 fully saturated rings. The second kappa shape index (κ2) is 7.84. The lowest BCUT2D eigenvalue weighted by Crippen LogP contribution is -2.29. The summed E-state index contributed by atoms with van der Waals surface area (Å²) in [6.07, 6.45) is 4.47. The normalized spacial score (nSPS) is 19.3. The first-order chi connectivity index (χ1) is 13.1. The fraction of sp³-hybridized carbons (Fsp3) is 0.500. The Kier molecular flexibility index (Phi) is 5.29. The van der Waals surface area contributed by atoms with Crippen molar-refractivity contribution in [2.45, 2.75) is 64.4 Å². The fourth-order valence-electron chi connectivity index (χ4n) is 3.92. The standard InChI is InChI=1S/C24H30O3/c1-16(2)18-7-11-23-24(14-18)26-15-21(27-23)9-6-17(3)19-8-10-22-20(13-19)5-4-12-25-22/h7-8,10-11,13-14,16-17,21H,4-6,9,12,15H2,1-3H3. The van der Waals surface area contributed by atoms with Crippen molar-refractivity contribution in [3.63, 3.8) is 0 Å². The number of hydrogen-bond donors (Lipinski definition) is 0. The molecule has 0 bridgehead atoms. The molecule has 144 valence electrons. The van der Waals surface area contributed by atoms with Crippen molar-refractivity contribution in [1.29, 1.82) is 0 Å². The van der Waals surface area contributed by atoms with Gasteiger partial charge in [0, 0.05) is 0 Å². The van der Waals surface area contributed by atoms with Crippen molar-refractivity contribution in [3.8, 4) is 17.2 Å². The van der Waals surface area contributed by atoms with Crippen molar-refractivity contribution < 1.29 is 14.2 Å². The van der Waals surface area contributed by atoms with Crippen LogP contribution in [0.4, 0.5) is 0 Å². The Morgan fingerprint density at radius 3 is 2.59 bits per heavy atom. The molecule has 0 spiro atoms. The van der Waals surface area contributed by atoms with Gasteiger partial charge in [0.1, 0.15) is 18.5 Å². The Labute approximate surface area is 162 Å². The summed E-state index contributed by atoms with van der Waals surface area (Å²) in [5.41, 5.74) is 4.05. The predicted molar refractivity (Wildman–Crippen MR) is 108 cm³/mol. The van der Waals surface area contributed by atoms with Gasteiger partial charge in [-0.05, 0) is 72.4 Å². The zero-order valence-corrected chi connectivity index (χ0v) is 16.7. The Morgan fingerprint density at radius 2 is 1.74 bits per heavy atom. The monoisotopic (exact) mass is 366 g/mol. The van der Waals surface area contributed by atoms with E-state index in [1.807, 2.05) is 0 Å². The van der Waals surface area contributed by atoms with Crippen LogP contribution in [0.25, 0.3) is 0 Å². The molecule has 27 heavy (non-hydrogen) atoms. The lowest BCUT2D eigenvalue weighted by Gasteiger charge is -2.28. The van der Waals surface area contributed by atoms with E-state index in [1.165, 1.54) is 16.7 Å². The molecule has 2 aromatic rings. The summed E-state index contributed by atoms with van der Waals surface area (Å²) in [4.78, 5) is 0. The summed E-state index contributed by atoms with van der Waals surface area (Å²) in [5, 5.41) is 0. The molecular formula is C24H30O3. The Bertz CT molecular complexity index is 796. The molecule has 3 nitrogen and oxygen atoms in total. The molecule has 4 rings (SSSR count). The molecular weight excluding hydrogens is 336 g/mol. The summed E-state index contributed by atoms with van der Waals surface area (Å²) >= 11 is 0. The first kappa shape index (κ1) is 18.2. The average Bonchev–Trinajstić information content (AvgIpc) is 2.71. The molecule has 3 heteroatoms. The van der Waals surface area contributed by atoms with Crippen LogP contribution < -0.4 is 14.2 Å². The molecule has 2 atom stereocenters. The summed E-state index contributed by atoms with van der Waals surface area (Å²) in [5.74, 6) is 3.85. The lowest BCUT2D eigenvalue weighted by molar-refractivity contribution is 0.0820. The highest BCUT2D eigenvalue weighted by Crippen LogP contribution is 2.36. The number of fused-ring (bicyclic) bond motifs is 2. The zero-order valence-electron chi connectivity index (χ0n) is 16.7. The maximum Gasteiger partial charge on any atom is 0.161 e. The largest absolute Gasteiger partial charge is 0.493 e. The average molecular weight is 367 g/mol. The SMILES string of the molecule is CC(C)c1ccc2c(c1)OCC(CCC(C)c1ccc3c(c1)CCCO3)O2. The Balaban J connectivity index is 1.35. The number of benzene rings is 2. The van der Waals surface area contributed by atoms with Gasteiger partial charge in [-0.2, -0.15) is 0 Å². The fourth-order valence-corrected chi connectivity index (χ4v) is 3.92. The van der Waals surface area contributed by atoms with E-state index >= 15 is 0 Å². The third-order valence-corrected chi connectivity index (χ3v) is 5.78. The molecule has 2 aromatic carbocycles. The summed E-state index contributed by atoms with van der Waals surface area (Å²) in [6, 6.07) is 13.0. The van der Waals surface area contributed by atoms with Gasteiger partial charge in [0.2, 0.25) is 0 Å². The van der Waals surface area contributed by atoms with Crippen LogP contribution in [0.5, 0.6) is 17.2 Å². The quantitative estimate of drug-likeness (QED) is 0.663. The number of aryl methyl sites for hydroxylation is 1. The molecule has 0 aliphatic carbocycles. The maximum absolute atomic E-state index is 6.20. The van der Waals surface area contributed by atoms with Gasteiger partial charge in [0.05, 0.1) is 6.61 Å². The Hall–Kier alpha value is -2.16. The maximum atomic E-state index is 6.20. The molecule has 0 saturated carbocycles. The number of ether oxygens (including phenoxy) is 3. The highest BCUT2D eigenvalue weighted by atomic mass is 16.6. The molecule has 2 heterocycles. The summed E-state index contributed by atoms with van der Waals surface area (Å²) < 4.78 is 17.9. The first-order valence-electron chi connectivity index (χ1n) is 10.3. The van der Waals surface area contributed by atoms with Crippen LogP contribution in [0, 0.1) is 0 Å². The zero-order chi connectivity index (χ0) is 18.8. The molecule has 2 aliphatic rings. The molecule has 2 unspecified atom stereocenters. The van der Waals surface area contributed by atoms with Crippen LogP contribution in [0.1, 0.15) is 68.6 Å². The minimum Gasteiger partial charge on any atom is -0.493 e. The smallest absolute Gasteiger partial charge is 0.161 e. The van der Waals surface area contributed by atoms with Crippen molar-refractivity contribution in [3.05, 3.63) is 53.1 Å². The van der Waals surface area contributed by atoms with Gasteiger partial charge < -0.3 is 14.2 Å². The van der Waals surface area contributed by atoms with E-state index in [1.54, 1.807) is 0 Å². The van der Waals surface area contributed by atoms with Crippen LogP contribution in [-0.4, -0.2) is 19.3 Å². The van der Waals surface area contributed by atoms with Gasteiger partial charge in [-0.1, -0.05) is 39.0 Å². The topological polar surface area (TPSA) is 27.7 Å². The van der Waals surface area contributed by atoms with E-state index in [9.17, 15) is 0 Å². The Morgan fingerprint density at radius 1 is 0.926 bits per heavy atom. The number of rotatable bonds is 5. The van der Waals surface area contributed by atoms with E-state index in [0.717, 1.165) is 49.5 Å². The van der Waals surface area contributed by atoms with Crippen LogP contribution in [0.2, 0.25) is 0 Å². The molecule has 0 saturated heterocycles. The lowest BCUT2D eigenvalue weighted by atomic mass is 9.92. The van der Waals surface area contributed by atoms with Crippen molar-refractivity contribution >= 4 is 0 Å². The van der Waals surface area contributed by atoms with Gasteiger partial charge in [-0.25, -0.2) is 0 Å². The van der Waals surface area contributed by atoms with E-state index in [4.69, 9.17) is 14.2 Å². The van der Waals surface area contributed by atoms with Gasteiger partial charge >= 0.3 is 0 Å². The molecule has 2 aliphatic heterocycles. The van der Waals surface area contributed by atoms with Crippen molar-refractivity contribution in [2.75, 3.05) is 13.2 Å². The van der Waals surface area contributed by atoms with E-state index in [2.05, 4.69) is 57.2 Å². The third kappa shape index (κ3) is 4.07. The van der Waals surface area contributed by atoms with Crippen LogP contribution >= 0.6 is 0 Å². The highest BCUT2D eigenvalue weighted by molar-refractivity contribution is 5.45. The predicted octanol–water partition coefficient (Wildman–Crippen LogP) is 5.86. The first-order valence-corrected chi connectivity index (χ1v) is 10.3. The molecule has 0 amide bonds. The van der Waals surface area contributed by atoms with Gasteiger partial charge in [0.15, 0.2) is 11.5 Å². The molecule has 0 radical (unpaired) electrons. The van der Waals surface area contributed by atoms with Crippen LogP contribution in [0.3, 0.4) is 0 Å². The second-order valence-corrected chi connectivity index (χ2v) is 8.21. The van der Waals surface area contributed by atoms with Gasteiger partial charge in [-0.15, -0.1) is 0 Å². The van der Waals surface area contributed by atoms with E-state index in [-0.39, 0.29) is 6.10 Å².